The van der Waals surface area contributed by atoms with Crippen LogP contribution in [-0.4, -0.2) is 28.8 Å². The summed E-state index contributed by atoms with van der Waals surface area (Å²) in [4.78, 5) is 30.9. The fraction of sp³-hybridized carbons (Fsp3) is 0.385. The second kappa shape index (κ2) is 5.97. The molecule has 0 fully saturated rings. The van der Waals surface area contributed by atoms with Gasteiger partial charge in [-0.15, -0.1) is 0 Å². The highest BCUT2D eigenvalue weighted by Gasteiger charge is 2.24. The zero-order chi connectivity index (χ0) is 13.8. The van der Waals surface area contributed by atoms with Gasteiger partial charge in [0.15, 0.2) is 0 Å². The lowest BCUT2D eigenvalue weighted by atomic mass is 10.00. The fourth-order valence-electron chi connectivity index (χ4n) is 2.00. The van der Waals surface area contributed by atoms with E-state index >= 15 is 0 Å². The first-order valence-corrected chi connectivity index (χ1v) is 6.58. The Morgan fingerprint density at radius 1 is 1.26 bits per heavy atom. The van der Waals surface area contributed by atoms with Gasteiger partial charge in [0, 0.05) is 12.3 Å². The van der Waals surface area contributed by atoms with Crippen molar-refractivity contribution in [2.24, 2.45) is 15.9 Å². The quantitative estimate of drug-likeness (QED) is 0.578. The molecule has 1 aliphatic rings. The van der Waals surface area contributed by atoms with Crippen molar-refractivity contribution in [3.8, 4) is 0 Å². The number of hydrogen-bond donors (Lipinski definition) is 2. The molecule has 0 spiro atoms. The molecule has 0 amide bonds. The van der Waals surface area contributed by atoms with Crippen LogP contribution in [0.2, 0.25) is 0 Å². The minimum absolute atomic E-state index is 0.140. The van der Waals surface area contributed by atoms with Gasteiger partial charge in [-0.1, -0.05) is 12.1 Å². The predicted molar refractivity (Wildman–Crippen MR) is 71.8 cm³/mol. The molecule has 0 saturated heterocycles. The van der Waals surface area contributed by atoms with Crippen LogP contribution in [-0.2, 0) is 9.59 Å². The average molecular weight is 278 g/mol. The Morgan fingerprint density at radius 2 is 1.84 bits per heavy atom. The van der Waals surface area contributed by atoms with Crippen molar-refractivity contribution in [3.05, 3.63) is 35.0 Å². The maximum absolute atomic E-state index is 11.6. The fourth-order valence-corrected chi connectivity index (χ4v) is 2.32. The number of para-hydroxylation sites is 2. The number of nitrogens with zero attached hydrogens (tertiary/aromatic N) is 2. The molecule has 2 rings (SSSR count). The monoisotopic (exact) mass is 278 g/mol. The van der Waals surface area contributed by atoms with Crippen LogP contribution >= 0.6 is 12.6 Å². The number of aliphatic carboxylic acids is 1. The van der Waals surface area contributed by atoms with Gasteiger partial charge in [-0.2, -0.15) is 12.6 Å². The van der Waals surface area contributed by atoms with Crippen LogP contribution in [0.5, 0.6) is 0 Å². The summed E-state index contributed by atoms with van der Waals surface area (Å²) < 4.78 is 0. The van der Waals surface area contributed by atoms with E-state index < -0.39 is 12.4 Å². The second-order valence-electron chi connectivity index (χ2n) is 4.42. The molecule has 0 radical (unpaired) electrons. The van der Waals surface area contributed by atoms with Crippen molar-refractivity contribution in [1.82, 2.24) is 0 Å². The van der Waals surface area contributed by atoms with Crippen LogP contribution in [0.15, 0.2) is 34.3 Å². The first-order chi connectivity index (χ1) is 9.10. The van der Waals surface area contributed by atoms with Gasteiger partial charge in [0.1, 0.15) is 18.4 Å². The Kier molecular flexibility index (Phi) is 4.31. The van der Waals surface area contributed by atoms with Crippen LogP contribution in [0.25, 0.3) is 0 Å². The van der Waals surface area contributed by atoms with E-state index in [1.165, 1.54) is 0 Å². The molecule has 19 heavy (non-hydrogen) atoms. The van der Waals surface area contributed by atoms with Crippen LogP contribution in [0, 0.1) is 5.92 Å². The number of Topliss-reactive ketones (excluding diaryl/α,β-unsaturated/α-hetero) is 1. The molecule has 0 aliphatic carbocycles. The van der Waals surface area contributed by atoms with Gasteiger partial charge in [0.25, 0.3) is 0 Å². The van der Waals surface area contributed by atoms with Gasteiger partial charge in [-0.05, 0) is 17.9 Å². The number of carboxylic acids is 1. The smallest absolute Gasteiger partial charge is 0.310 e. The van der Waals surface area contributed by atoms with Gasteiger partial charge >= 0.3 is 5.97 Å². The van der Waals surface area contributed by atoms with Crippen molar-refractivity contribution in [1.29, 1.82) is 0 Å². The molecular weight excluding hydrogens is 264 g/mol. The molecule has 1 aliphatic heterocycles. The largest absolute Gasteiger partial charge is 0.481 e. The SMILES string of the molecule is O=C(O)CC(=O)CC(CS)C1N=c2ccccc2=N1. The summed E-state index contributed by atoms with van der Waals surface area (Å²) in [5.74, 6) is -1.14. The number of benzene rings is 1. The van der Waals surface area contributed by atoms with E-state index in [0.29, 0.717) is 5.75 Å². The molecule has 1 N–H and O–H groups in total. The van der Waals surface area contributed by atoms with Gasteiger partial charge in [0.2, 0.25) is 0 Å². The zero-order valence-electron chi connectivity index (χ0n) is 10.2. The highest BCUT2D eigenvalue weighted by atomic mass is 32.1. The predicted octanol–water partition coefficient (Wildman–Crippen LogP) is 0.245. The number of fused-ring (bicyclic) bond motifs is 1. The molecule has 1 unspecified atom stereocenters. The molecule has 0 saturated carbocycles. The summed E-state index contributed by atoms with van der Waals surface area (Å²) in [5, 5.41) is 10.2. The van der Waals surface area contributed by atoms with Gasteiger partial charge in [-0.25, -0.2) is 0 Å². The summed E-state index contributed by atoms with van der Waals surface area (Å²) in [7, 11) is 0. The van der Waals surface area contributed by atoms with Crippen molar-refractivity contribution >= 4 is 24.4 Å². The number of thiol groups is 1. The van der Waals surface area contributed by atoms with E-state index in [9.17, 15) is 9.59 Å². The number of carboxylic acid groups (broad SMARTS) is 1. The Balaban J connectivity index is 2.10. The number of carbonyl (C=O) groups is 2. The number of hydrogen-bond acceptors (Lipinski definition) is 5. The molecule has 5 nitrogen and oxygen atoms in total. The normalized spacial score (nSPS) is 15.2. The van der Waals surface area contributed by atoms with Crippen LogP contribution < -0.4 is 10.7 Å². The van der Waals surface area contributed by atoms with Crippen molar-refractivity contribution in [2.75, 3.05) is 5.75 Å². The Morgan fingerprint density at radius 3 is 2.32 bits per heavy atom. The standard InChI is InChI=1S/C13H14N2O3S/c16-9(6-12(17)18)5-8(7-19)13-14-10-3-1-2-4-11(10)15-13/h1-4,8,13,19H,5-7H2,(H,17,18). The molecule has 1 atom stereocenters. The van der Waals surface area contributed by atoms with Crippen LogP contribution in [0.3, 0.4) is 0 Å². The summed E-state index contributed by atoms with van der Waals surface area (Å²) in [5.41, 5.74) is 0. The van der Waals surface area contributed by atoms with Crippen LogP contribution in [0.4, 0.5) is 0 Å². The van der Waals surface area contributed by atoms with E-state index in [0.717, 1.165) is 10.7 Å². The van der Waals surface area contributed by atoms with Gasteiger partial charge < -0.3 is 5.11 Å². The average Bonchev–Trinajstić information content (AvgIpc) is 2.78. The van der Waals surface area contributed by atoms with E-state index in [4.69, 9.17) is 5.11 Å². The van der Waals surface area contributed by atoms with E-state index in [-0.39, 0.29) is 24.3 Å². The van der Waals surface area contributed by atoms with Crippen molar-refractivity contribution < 1.29 is 14.7 Å². The topological polar surface area (TPSA) is 79.1 Å². The van der Waals surface area contributed by atoms with Gasteiger partial charge in [-0.3, -0.25) is 19.6 Å². The first kappa shape index (κ1) is 13.7. The number of carbonyl (C=O) groups excluding carboxylic acids is 1. The molecule has 1 aromatic carbocycles. The first-order valence-electron chi connectivity index (χ1n) is 5.95. The van der Waals surface area contributed by atoms with E-state index in [2.05, 4.69) is 22.6 Å². The molecule has 0 bridgehead atoms. The van der Waals surface area contributed by atoms with Crippen molar-refractivity contribution in [3.63, 3.8) is 0 Å². The third-order valence-electron chi connectivity index (χ3n) is 2.92. The lowest BCUT2D eigenvalue weighted by molar-refractivity contribution is -0.140. The highest BCUT2D eigenvalue weighted by Crippen LogP contribution is 2.17. The Hall–Kier alpha value is -1.69. The lowest BCUT2D eigenvalue weighted by Crippen LogP contribution is -2.22. The molecule has 0 aromatic heterocycles. The minimum Gasteiger partial charge on any atom is -0.481 e. The minimum atomic E-state index is -1.11. The molecule has 100 valence electrons. The highest BCUT2D eigenvalue weighted by molar-refractivity contribution is 7.80. The Bertz CT molecular complexity index is 580. The van der Waals surface area contributed by atoms with E-state index in [1.807, 2.05) is 24.3 Å². The maximum Gasteiger partial charge on any atom is 0.310 e. The summed E-state index contributed by atoms with van der Waals surface area (Å²) >= 11 is 4.22. The number of ketones is 1. The summed E-state index contributed by atoms with van der Waals surface area (Å²) in [6.45, 7) is 0. The van der Waals surface area contributed by atoms with E-state index in [1.54, 1.807) is 0 Å². The third kappa shape index (κ3) is 3.41. The lowest BCUT2D eigenvalue weighted by Gasteiger charge is -2.15. The molecule has 6 heteroatoms. The van der Waals surface area contributed by atoms with Crippen molar-refractivity contribution in [2.45, 2.75) is 19.0 Å². The molecule has 1 aromatic rings. The molecule has 1 heterocycles. The second-order valence-corrected chi connectivity index (χ2v) is 4.78. The number of rotatable bonds is 6. The molecular formula is C13H14N2O3S. The maximum atomic E-state index is 11.6. The van der Waals surface area contributed by atoms with Gasteiger partial charge in [0.05, 0.1) is 10.7 Å². The summed E-state index contributed by atoms with van der Waals surface area (Å²) in [6.07, 6.45) is -0.654. The van der Waals surface area contributed by atoms with Crippen LogP contribution in [0.1, 0.15) is 12.8 Å². The Labute approximate surface area is 115 Å². The third-order valence-corrected chi connectivity index (χ3v) is 3.39. The summed E-state index contributed by atoms with van der Waals surface area (Å²) in [6, 6.07) is 7.50. The zero-order valence-corrected chi connectivity index (χ0v) is 11.1.